The van der Waals surface area contributed by atoms with E-state index in [-0.39, 0.29) is 24.0 Å². The first-order valence-electron chi connectivity index (χ1n) is 8.19. The molecule has 2 rings (SSSR count). The molecule has 0 saturated heterocycles. The van der Waals surface area contributed by atoms with Crippen LogP contribution >= 0.6 is 11.6 Å². The Morgan fingerprint density at radius 1 is 1.11 bits per heavy atom. The number of ether oxygens (including phenoxy) is 1. The molecule has 2 aromatic rings. The molecule has 0 radical (unpaired) electrons. The number of methoxy groups -OCH3 is 1. The normalized spacial score (nSPS) is 11.1. The van der Waals surface area contributed by atoms with Crippen molar-refractivity contribution < 1.29 is 17.9 Å². The van der Waals surface area contributed by atoms with E-state index in [0.29, 0.717) is 17.3 Å². The summed E-state index contributed by atoms with van der Waals surface area (Å²) in [5, 5.41) is 3.25. The van der Waals surface area contributed by atoms with E-state index in [9.17, 15) is 13.2 Å². The van der Waals surface area contributed by atoms with Crippen LogP contribution in [0.4, 0.5) is 4.79 Å². The van der Waals surface area contributed by atoms with Gasteiger partial charge < -0.3 is 15.0 Å². The number of hydrogen-bond donors (Lipinski definition) is 2. The fraction of sp³-hybridized carbons (Fsp3) is 0.278. The molecule has 0 aromatic heterocycles. The zero-order chi connectivity index (χ0) is 19.9. The van der Waals surface area contributed by atoms with Crippen LogP contribution in [0.3, 0.4) is 0 Å². The van der Waals surface area contributed by atoms with Crippen molar-refractivity contribution in [1.29, 1.82) is 0 Å². The maximum Gasteiger partial charge on any atom is 0.317 e. The maximum atomic E-state index is 12.2. The Morgan fingerprint density at radius 3 is 2.41 bits per heavy atom. The molecule has 0 heterocycles. The third kappa shape index (κ3) is 6.13. The maximum absolute atomic E-state index is 12.2. The van der Waals surface area contributed by atoms with Crippen LogP contribution in [0.2, 0.25) is 5.02 Å². The van der Waals surface area contributed by atoms with E-state index in [1.54, 1.807) is 25.2 Å². The molecule has 0 unspecified atom stereocenters. The topological polar surface area (TPSA) is 87.7 Å². The second-order valence-corrected chi connectivity index (χ2v) is 7.93. The van der Waals surface area contributed by atoms with Crippen molar-refractivity contribution >= 4 is 27.7 Å². The third-order valence-corrected chi connectivity index (χ3v) is 5.62. The number of hydrogen-bond acceptors (Lipinski definition) is 4. The van der Waals surface area contributed by atoms with Gasteiger partial charge in [-0.2, -0.15) is 0 Å². The minimum atomic E-state index is -3.65. The molecule has 2 amide bonds. The van der Waals surface area contributed by atoms with Crippen molar-refractivity contribution in [2.45, 2.75) is 11.4 Å². The Kier molecular flexibility index (Phi) is 7.46. The molecule has 0 fully saturated rings. The van der Waals surface area contributed by atoms with Crippen LogP contribution < -0.4 is 14.8 Å². The van der Waals surface area contributed by atoms with Gasteiger partial charge in [-0.3, -0.25) is 0 Å². The van der Waals surface area contributed by atoms with Gasteiger partial charge in [0.2, 0.25) is 10.0 Å². The predicted molar refractivity (Wildman–Crippen MR) is 105 cm³/mol. The number of nitrogens with zero attached hydrogens (tertiary/aromatic N) is 1. The molecule has 2 aromatic carbocycles. The largest absolute Gasteiger partial charge is 0.497 e. The molecule has 0 aliphatic carbocycles. The van der Waals surface area contributed by atoms with Gasteiger partial charge >= 0.3 is 6.03 Å². The van der Waals surface area contributed by atoms with Gasteiger partial charge in [0.25, 0.3) is 0 Å². The summed E-state index contributed by atoms with van der Waals surface area (Å²) in [5.41, 5.74) is 0.831. The van der Waals surface area contributed by atoms with Crippen molar-refractivity contribution in [3.63, 3.8) is 0 Å². The predicted octanol–water partition coefficient (Wildman–Crippen LogP) is 2.47. The quantitative estimate of drug-likeness (QED) is 0.653. The smallest absolute Gasteiger partial charge is 0.317 e. The molecular weight excluding hydrogens is 390 g/mol. The number of halogens is 1. The molecule has 0 spiro atoms. The highest BCUT2D eigenvalue weighted by Gasteiger charge is 2.14. The summed E-state index contributed by atoms with van der Waals surface area (Å²) in [5.74, 6) is 0.572. The molecular formula is C18H22ClN3O4S. The van der Waals surface area contributed by atoms with E-state index in [4.69, 9.17) is 16.3 Å². The molecule has 2 N–H and O–H groups in total. The summed E-state index contributed by atoms with van der Waals surface area (Å²) >= 11 is 6.08. The standard InChI is InChI=1S/C18H22ClN3O4S/c1-22(13-14-5-3-4-6-17(14)19)18(23)20-11-12-21-27(24,25)16-9-7-15(26-2)8-10-16/h3-10,21H,11-13H2,1-2H3,(H,20,23). The summed E-state index contributed by atoms with van der Waals surface area (Å²) in [6.07, 6.45) is 0. The first-order chi connectivity index (χ1) is 12.8. The molecule has 9 heteroatoms. The van der Waals surface area contributed by atoms with E-state index in [0.717, 1.165) is 5.56 Å². The lowest BCUT2D eigenvalue weighted by Gasteiger charge is -2.18. The molecule has 0 atom stereocenters. The van der Waals surface area contributed by atoms with Crippen LogP contribution in [0.1, 0.15) is 5.56 Å². The Labute approximate surface area is 164 Å². The Hall–Kier alpha value is -2.29. The summed E-state index contributed by atoms with van der Waals surface area (Å²) in [6.45, 7) is 0.574. The highest BCUT2D eigenvalue weighted by Crippen LogP contribution is 2.16. The van der Waals surface area contributed by atoms with Crippen molar-refractivity contribution in [3.05, 3.63) is 59.1 Å². The average molecular weight is 412 g/mol. The molecule has 0 aliphatic rings. The lowest BCUT2D eigenvalue weighted by Crippen LogP contribution is -2.41. The van der Waals surface area contributed by atoms with Crippen molar-refractivity contribution in [3.8, 4) is 5.75 Å². The van der Waals surface area contributed by atoms with E-state index < -0.39 is 10.0 Å². The monoisotopic (exact) mass is 411 g/mol. The van der Waals surface area contributed by atoms with Gasteiger partial charge in [0, 0.05) is 31.7 Å². The van der Waals surface area contributed by atoms with E-state index in [1.807, 2.05) is 18.2 Å². The molecule has 27 heavy (non-hydrogen) atoms. The molecule has 7 nitrogen and oxygen atoms in total. The number of carbonyl (C=O) groups is 1. The van der Waals surface area contributed by atoms with Gasteiger partial charge in [-0.25, -0.2) is 17.9 Å². The Bertz CT molecular complexity index is 872. The SMILES string of the molecule is COc1ccc(S(=O)(=O)NCCNC(=O)N(C)Cc2ccccc2Cl)cc1. The van der Waals surface area contributed by atoms with Crippen molar-refractivity contribution in [2.75, 3.05) is 27.2 Å². The van der Waals surface area contributed by atoms with Crippen molar-refractivity contribution in [2.24, 2.45) is 0 Å². The van der Waals surface area contributed by atoms with Crippen LogP contribution in [0, 0.1) is 0 Å². The number of rotatable bonds is 8. The first kappa shape index (κ1) is 21.0. The highest BCUT2D eigenvalue weighted by molar-refractivity contribution is 7.89. The molecule has 146 valence electrons. The molecule has 0 bridgehead atoms. The zero-order valence-electron chi connectivity index (χ0n) is 15.1. The highest BCUT2D eigenvalue weighted by atomic mass is 35.5. The second kappa shape index (κ2) is 9.59. The Morgan fingerprint density at radius 2 is 1.78 bits per heavy atom. The zero-order valence-corrected chi connectivity index (χ0v) is 16.7. The van der Waals surface area contributed by atoms with Crippen LogP contribution in [-0.2, 0) is 16.6 Å². The summed E-state index contributed by atoms with van der Waals surface area (Å²) in [6, 6.07) is 13.0. The number of sulfonamides is 1. The van der Waals surface area contributed by atoms with Crippen molar-refractivity contribution in [1.82, 2.24) is 14.9 Å². The van der Waals surface area contributed by atoms with E-state index in [1.165, 1.54) is 24.1 Å². The van der Waals surface area contributed by atoms with Crippen LogP contribution in [-0.4, -0.2) is 46.6 Å². The number of amides is 2. The van der Waals surface area contributed by atoms with Gasteiger partial charge in [-0.05, 0) is 35.9 Å². The third-order valence-electron chi connectivity index (χ3n) is 3.78. The minimum Gasteiger partial charge on any atom is -0.497 e. The number of benzene rings is 2. The Balaban J connectivity index is 1.79. The lowest BCUT2D eigenvalue weighted by atomic mass is 10.2. The van der Waals surface area contributed by atoms with E-state index in [2.05, 4.69) is 10.0 Å². The first-order valence-corrected chi connectivity index (χ1v) is 10.1. The summed E-state index contributed by atoms with van der Waals surface area (Å²) in [4.78, 5) is 13.7. The molecule has 0 aliphatic heterocycles. The summed E-state index contributed by atoms with van der Waals surface area (Å²) in [7, 11) is -0.499. The minimum absolute atomic E-state index is 0.0695. The van der Waals surface area contributed by atoms with Crippen LogP contribution in [0.15, 0.2) is 53.4 Å². The van der Waals surface area contributed by atoms with Gasteiger partial charge in [0.05, 0.1) is 12.0 Å². The van der Waals surface area contributed by atoms with Gasteiger partial charge in [-0.15, -0.1) is 0 Å². The number of urea groups is 1. The van der Waals surface area contributed by atoms with E-state index >= 15 is 0 Å². The fourth-order valence-electron chi connectivity index (χ4n) is 2.28. The van der Waals surface area contributed by atoms with Gasteiger partial charge in [0.1, 0.15) is 5.75 Å². The number of nitrogens with one attached hydrogen (secondary N) is 2. The van der Waals surface area contributed by atoms with Gasteiger partial charge in [0.15, 0.2) is 0 Å². The second-order valence-electron chi connectivity index (χ2n) is 5.75. The molecule has 0 saturated carbocycles. The van der Waals surface area contributed by atoms with Gasteiger partial charge in [-0.1, -0.05) is 29.8 Å². The number of carbonyl (C=O) groups excluding carboxylic acids is 1. The lowest BCUT2D eigenvalue weighted by molar-refractivity contribution is 0.207. The fourth-order valence-corrected chi connectivity index (χ4v) is 3.51. The van der Waals surface area contributed by atoms with Crippen LogP contribution in [0.25, 0.3) is 0 Å². The average Bonchev–Trinajstić information content (AvgIpc) is 2.66. The summed E-state index contributed by atoms with van der Waals surface area (Å²) < 4.78 is 31.8. The van der Waals surface area contributed by atoms with Crippen LogP contribution in [0.5, 0.6) is 5.75 Å².